The van der Waals surface area contributed by atoms with Crippen molar-refractivity contribution < 1.29 is 0 Å². The third-order valence-corrected chi connectivity index (χ3v) is 1.85. The number of nitrogens with zero attached hydrogens (tertiary/aromatic N) is 1. The molecule has 0 bridgehead atoms. The van der Waals surface area contributed by atoms with Crippen molar-refractivity contribution in [2.75, 3.05) is 7.05 Å². The van der Waals surface area contributed by atoms with Crippen molar-refractivity contribution in [2.24, 2.45) is 0 Å². The molecular weight excluding hydrogens is 120 g/mol. The summed E-state index contributed by atoms with van der Waals surface area (Å²) in [5.74, 6) is 0. The van der Waals surface area contributed by atoms with Crippen LogP contribution in [0.1, 0.15) is 0 Å². The van der Waals surface area contributed by atoms with Crippen LogP contribution in [0.25, 0.3) is 0 Å². The summed E-state index contributed by atoms with van der Waals surface area (Å²) < 4.78 is 0. The molecule has 0 amide bonds. The average molecular weight is 129 g/mol. The molecule has 0 aromatic heterocycles. The van der Waals surface area contributed by atoms with E-state index < -0.39 is 0 Å². The molecule has 0 aliphatic carbocycles. The van der Waals surface area contributed by atoms with Crippen molar-refractivity contribution in [2.45, 2.75) is 5.37 Å². The lowest BCUT2D eigenvalue weighted by atomic mass is 10.7. The molecule has 8 heavy (non-hydrogen) atoms. The third kappa shape index (κ3) is 0.980. The summed E-state index contributed by atoms with van der Waals surface area (Å²) in [6.07, 6.45) is 1.97. The van der Waals surface area contributed by atoms with Crippen LogP contribution in [0.4, 0.5) is 0 Å². The first-order valence-corrected chi connectivity index (χ1v) is 3.40. The van der Waals surface area contributed by atoms with E-state index in [1.54, 1.807) is 11.8 Å². The lowest BCUT2D eigenvalue weighted by molar-refractivity contribution is 0.314. The molecule has 1 aliphatic rings. The predicted octanol–water partition coefficient (Wildman–Crippen LogP) is 0.801. The summed E-state index contributed by atoms with van der Waals surface area (Å²) in [5.41, 5.74) is 2.98. The highest BCUT2D eigenvalue weighted by molar-refractivity contribution is 8.02. The molecule has 45 valence electrons. The third-order valence-electron chi connectivity index (χ3n) is 1.03. The van der Waals surface area contributed by atoms with E-state index in [0.29, 0.717) is 5.37 Å². The van der Waals surface area contributed by atoms with Gasteiger partial charge in [0.05, 0.1) is 5.37 Å². The molecule has 1 N–H and O–H groups in total. The summed E-state index contributed by atoms with van der Waals surface area (Å²) in [6.45, 7) is 3.85. The van der Waals surface area contributed by atoms with Gasteiger partial charge < -0.3 is 5.01 Å². The smallest absolute Gasteiger partial charge is 0.0941 e. The Morgan fingerprint density at radius 3 is 2.88 bits per heavy atom. The van der Waals surface area contributed by atoms with Gasteiger partial charge in [-0.05, 0) is 12.3 Å². The van der Waals surface area contributed by atoms with Gasteiger partial charge >= 0.3 is 0 Å². The van der Waals surface area contributed by atoms with Gasteiger partial charge in [-0.1, -0.05) is 0 Å². The van der Waals surface area contributed by atoms with Crippen LogP contribution in [-0.4, -0.2) is 17.4 Å². The highest BCUT2D eigenvalue weighted by Gasteiger charge is 2.11. The van der Waals surface area contributed by atoms with Crippen molar-refractivity contribution in [3.05, 3.63) is 18.5 Å². The minimum absolute atomic E-state index is 0.306. The monoisotopic (exact) mass is 129 g/mol. The first-order valence-electron chi connectivity index (χ1n) is 2.45. The fourth-order valence-corrected chi connectivity index (χ4v) is 1.26. The van der Waals surface area contributed by atoms with E-state index >= 15 is 0 Å². The van der Waals surface area contributed by atoms with Gasteiger partial charge in [-0.2, -0.15) is 0 Å². The first kappa shape index (κ1) is 5.98. The van der Waals surface area contributed by atoms with Crippen LogP contribution in [0.5, 0.6) is 0 Å². The van der Waals surface area contributed by atoms with Crippen LogP contribution >= 0.6 is 11.8 Å². The molecule has 1 radical (unpaired) electrons. The van der Waals surface area contributed by atoms with Crippen LogP contribution in [0.15, 0.2) is 11.6 Å². The molecule has 0 aromatic rings. The van der Waals surface area contributed by atoms with Gasteiger partial charge in [-0.15, -0.1) is 11.8 Å². The Labute approximate surface area is 53.9 Å². The highest BCUT2D eigenvalue weighted by atomic mass is 32.2. The molecule has 1 atom stereocenters. The van der Waals surface area contributed by atoms with Crippen LogP contribution < -0.4 is 5.43 Å². The molecule has 1 unspecified atom stereocenters. The van der Waals surface area contributed by atoms with E-state index in [-0.39, 0.29) is 0 Å². The lowest BCUT2D eigenvalue weighted by Gasteiger charge is -2.18. The topological polar surface area (TPSA) is 15.3 Å². The van der Waals surface area contributed by atoms with E-state index in [1.165, 1.54) is 0 Å². The van der Waals surface area contributed by atoms with E-state index in [0.717, 1.165) is 0 Å². The number of hydrogen-bond donors (Lipinski definition) is 1. The summed E-state index contributed by atoms with van der Waals surface area (Å²) >= 11 is 1.70. The van der Waals surface area contributed by atoms with Gasteiger partial charge in [0.1, 0.15) is 0 Å². The van der Waals surface area contributed by atoms with Crippen LogP contribution in [0, 0.1) is 6.92 Å². The zero-order chi connectivity index (χ0) is 5.98. The number of nitrogens with one attached hydrogen (secondary N) is 1. The lowest BCUT2D eigenvalue weighted by Crippen LogP contribution is -2.33. The summed E-state index contributed by atoms with van der Waals surface area (Å²) in [7, 11) is 1.88. The van der Waals surface area contributed by atoms with Gasteiger partial charge in [0.2, 0.25) is 0 Å². The Bertz CT molecular complexity index is 103. The van der Waals surface area contributed by atoms with Crippen LogP contribution in [0.3, 0.4) is 0 Å². The van der Waals surface area contributed by atoms with Crippen LogP contribution in [-0.2, 0) is 0 Å². The van der Waals surface area contributed by atoms with Gasteiger partial charge in [0.15, 0.2) is 0 Å². The van der Waals surface area contributed by atoms with Gasteiger partial charge in [0.25, 0.3) is 0 Å². The Hall–Kier alpha value is -0.150. The number of hydrazine groups is 1. The number of thioether (sulfide) groups is 1. The molecule has 0 aromatic carbocycles. The SMILES string of the molecule is [CH2]C1SC=CN1NC. The quantitative estimate of drug-likeness (QED) is 0.564. The standard InChI is InChI=1S/C5H9N2S/c1-5-7(6-2)3-4-8-5/h3-6H,1H2,2H3. The molecular formula is C5H9N2S. The summed E-state index contributed by atoms with van der Waals surface area (Å²) in [6, 6.07) is 0. The molecule has 0 fully saturated rings. The molecule has 0 saturated heterocycles. The Kier molecular flexibility index (Phi) is 1.81. The Balaban J connectivity index is 2.41. The first-order chi connectivity index (χ1) is 3.84. The van der Waals surface area contributed by atoms with E-state index in [1.807, 2.05) is 23.7 Å². The molecule has 0 spiro atoms. The van der Waals surface area contributed by atoms with Crippen LogP contribution in [0.2, 0.25) is 0 Å². The zero-order valence-electron chi connectivity index (χ0n) is 4.79. The zero-order valence-corrected chi connectivity index (χ0v) is 5.61. The van der Waals surface area contributed by atoms with Gasteiger partial charge in [-0.25, -0.2) is 5.43 Å². The van der Waals surface area contributed by atoms with E-state index in [4.69, 9.17) is 0 Å². The molecule has 1 rings (SSSR count). The molecule has 0 saturated carbocycles. The highest BCUT2D eigenvalue weighted by Crippen LogP contribution is 2.20. The minimum atomic E-state index is 0.306. The van der Waals surface area contributed by atoms with Gasteiger partial charge in [0, 0.05) is 13.2 Å². The van der Waals surface area contributed by atoms with E-state index in [9.17, 15) is 0 Å². The minimum Gasteiger partial charge on any atom is -0.302 e. The second-order valence-electron chi connectivity index (χ2n) is 1.51. The summed E-state index contributed by atoms with van der Waals surface area (Å²) in [4.78, 5) is 0. The van der Waals surface area contributed by atoms with Crippen molar-refractivity contribution >= 4 is 11.8 Å². The van der Waals surface area contributed by atoms with Crippen molar-refractivity contribution in [1.82, 2.24) is 10.4 Å². The number of rotatable bonds is 1. The molecule has 1 heterocycles. The maximum Gasteiger partial charge on any atom is 0.0941 e. The maximum absolute atomic E-state index is 3.85. The normalized spacial score (nSPS) is 27.2. The second-order valence-corrected chi connectivity index (χ2v) is 2.60. The summed E-state index contributed by atoms with van der Waals surface area (Å²) in [5, 5.41) is 4.28. The fourth-order valence-electron chi connectivity index (χ4n) is 0.571. The molecule has 3 heteroatoms. The average Bonchev–Trinajstić information content (AvgIpc) is 2.14. The Morgan fingerprint density at radius 2 is 2.62 bits per heavy atom. The van der Waals surface area contributed by atoms with Crippen molar-refractivity contribution in [3.8, 4) is 0 Å². The fraction of sp³-hybridized carbons (Fsp3) is 0.400. The van der Waals surface area contributed by atoms with Crippen molar-refractivity contribution in [3.63, 3.8) is 0 Å². The second kappa shape index (κ2) is 2.42. The molecule has 1 aliphatic heterocycles. The molecule has 2 nitrogen and oxygen atoms in total. The van der Waals surface area contributed by atoms with Crippen molar-refractivity contribution in [1.29, 1.82) is 0 Å². The van der Waals surface area contributed by atoms with E-state index in [2.05, 4.69) is 12.3 Å². The largest absolute Gasteiger partial charge is 0.302 e. The van der Waals surface area contributed by atoms with Gasteiger partial charge in [-0.3, -0.25) is 0 Å². The number of hydrogen-bond acceptors (Lipinski definition) is 3. The predicted molar refractivity (Wildman–Crippen MR) is 36.8 cm³/mol. The Morgan fingerprint density at radius 1 is 1.88 bits per heavy atom. The maximum atomic E-state index is 3.85.